The molecule has 0 aliphatic rings. The number of benzene rings is 1. The second-order valence-corrected chi connectivity index (χ2v) is 8.28. The fraction of sp³-hybridized carbons (Fsp3) is 0.667. The van der Waals surface area contributed by atoms with Crippen molar-refractivity contribution in [3.63, 3.8) is 0 Å². The largest absolute Gasteiger partial charge is 0.399 e. The molecule has 29 heavy (non-hydrogen) atoms. The minimum absolute atomic E-state index is 0.0926. The molecule has 172 valence electrons. The molecule has 0 radical (unpaired) electrons. The number of nitrogen functional groups attached to an aromatic ring is 1. The van der Waals surface area contributed by atoms with Crippen LogP contribution in [0.5, 0.6) is 0 Å². The second-order valence-electron chi connectivity index (χ2n) is 6.29. The van der Waals surface area contributed by atoms with Crippen molar-refractivity contribution >= 4 is 26.5 Å². The highest BCUT2D eigenvalue weighted by Crippen LogP contribution is 2.10. The van der Waals surface area contributed by atoms with Gasteiger partial charge in [-0.3, -0.25) is 13.7 Å². The van der Waals surface area contributed by atoms with Crippen molar-refractivity contribution in [3.8, 4) is 0 Å². The number of nitrogens with two attached hydrogens (primary N) is 1. The summed E-state index contributed by atoms with van der Waals surface area (Å²) in [5.41, 5.74) is 6.18. The minimum Gasteiger partial charge on any atom is -0.399 e. The Balaban J connectivity index is 0. The zero-order chi connectivity index (χ0) is 22.6. The topological polar surface area (TPSA) is 164 Å². The average molecular weight is 458 g/mol. The van der Waals surface area contributed by atoms with Crippen LogP contribution in [0.3, 0.4) is 0 Å². The summed E-state index contributed by atoms with van der Waals surface area (Å²) in [5, 5.41) is 0. The van der Waals surface area contributed by atoms with E-state index in [0.717, 1.165) is 18.5 Å². The van der Waals surface area contributed by atoms with Crippen LogP contribution < -0.4 is 5.73 Å². The Morgan fingerprint density at radius 2 is 1.14 bits per heavy atom. The molecule has 0 aliphatic carbocycles. The van der Waals surface area contributed by atoms with E-state index in [0.29, 0.717) is 6.42 Å². The lowest BCUT2D eigenvalue weighted by molar-refractivity contribution is 0.261. The summed E-state index contributed by atoms with van der Waals surface area (Å²) in [6.45, 7) is 2.31. The maximum atomic E-state index is 10.2. The van der Waals surface area contributed by atoms with Crippen LogP contribution in [-0.2, 0) is 25.0 Å². The van der Waals surface area contributed by atoms with Crippen molar-refractivity contribution in [2.45, 2.75) is 71.1 Å². The fourth-order valence-corrected chi connectivity index (χ4v) is 2.54. The molecule has 0 heterocycles. The van der Waals surface area contributed by atoms with Crippen molar-refractivity contribution in [2.75, 3.05) is 12.3 Å². The monoisotopic (exact) mass is 457 g/mol. The standard InChI is InChI=1S/C12H26O4S.C6H7N.H2O4S/c1-2-3-4-5-6-7-8-9-10-11-12-16-17(13,14)15;7-6-4-2-1-3-5-6;1-5(2,3)4/h2-12H2,1H3,(H,13,14,15);1-5H,7H2;(H2,1,2,3,4). The zero-order valence-electron chi connectivity index (χ0n) is 16.9. The second kappa shape index (κ2) is 18.8. The number of hydrogen-bond donors (Lipinski definition) is 4. The van der Waals surface area contributed by atoms with Gasteiger partial charge in [-0.2, -0.15) is 16.8 Å². The molecule has 0 bridgehead atoms. The Kier molecular flexibility index (Phi) is 19.4. The van der Waals surface area contributed by atoms with Gasteiger partial charge >= 0.3 is 20.8 Å². The first kappa shape index (κ1) is 30.0. The lowest BCUT2D eigenvalue weighted by Gasteiger charge is -2.02. The molecule has 0 saturated carbocycles. The van der Waals surface area contributed by atoms with E-state index in [1.54, 1.807) is 0 Å². The van der Waals surface area contributed by atoms with E-state index in [1.165, 1.54) is 44.9 Å². The maximum absolute atomic E-state index is 10.2. The predicted molar refractivity (Wildman–Crippen MR) is 114 cm³/mol. The molecule has 0 aromatic heterocycles. The molecular weight excluding hydrogens is 422 g/mol. The van der Waals surface area contributed by atoms with E-state index in [9.17, 15) is 8.42 Å². The lowest BCUT2D eigenvalue weighted by atomic mass is 10.1. The first-order valence-corrected chi connectivity index (χ1v) is 12.3. The van der Waals surface area contributed by atoms with Gasteiger partial charge in [-0.25, -0.2) is 4.18 Å². The van der Waals surface area contributed by atoms with Crippen LogP contribution in [0.4, 0.5) is 5.69 Å². The summed E-state index contributed by atoms with van der Waals surface area (Å²) in [4.78, 5) is 0. The molecule has 0 aliphatic heterocycles. The van der Waals surface area contributed by atoms with E-state index < -0.39 is 20.8 Å². The average Bonchev–Trinajstić information content (AvgIpc) is 2.58. The van der Waals surface area contributed by atoms with Gasteiger partial charge in [0.15, 0.2) is 0 Å². The van der Waals surface area contributed by atoms with Gasteiger partial charge in [0.1, 0.15) is 0 Å². The molecule has 1 aromatic carbocycles. The first-order valence-electron chi connectivity index (χ1n) is 9.58. The molecule has 0 fully saturated rings. The number of anilines is 1. The summed E-state index contributed by atoms with van der Waals surface area (Å²) in [5.74, 6) is 0. The van der Waals surface area contributed by atoms with Crippen molar-refractivity contribution in [1.29, 1.82) is 0 Å². The number of unbranched alkanes of at least 4 members (excludes halogenated alkanes) is 9. The van der Waals surface area contributed by atoms with Crippen molar-refractivity contribution in [3.05, 3.63) is 30.3 Å². The fourth-order valence-electron chi connectivity index (χ4n) is 2.21. The molecule has 0 saturated heterocycles. The third kappa shape index (κ3) is 38.1. The van der Waals surface area contributed by atoms with E-state index >= 15 is 0 Å². The van der Waals surface area contributed by atoms with Gasteiger partial charge in [0.25, 0.3) is 0 Å². The first-order chi connectivity index (χ1) is 13.5. The summed E-state index contributed by atoms with van der Waals surface area (Å²) in [7, 11) is -8.90. The van der Waals surface area contributed by atoms with E-state index in [2.05, 4.69) is 11.1 Å². The van der Waals surface area contributed by atoms with Gasteiger partial charge in [0.05, 0.1) is 6.61 Å². The number of hydrogen-bond acceptors (Lipinski definition) is 6. The van der Waals surface area contributed by atoms with Crippen LogP contribution in [0.15, 0.2) is 30.3 Å². The van der Waals surface area contributed by atoms with Crippen molar-refractivity contribution in [1.82, 2.24) is 0 Å². The predicted octanol–water partition coefficient (Wildman–Crippen LogP) is 4.34. The molecule has 0 unspecified atom stereocenters. The summed E-state index contributed by atoms with van der Waals surface area (Å²) in [6, 6.07) is 9.49. The molecule has 5 N–H and O–H groups in total. The van der Waals surface area contributed by atoms with Gasteiger partial charge in [-0.15, -0.1) is 0 Å². The van der Waals surface area contributed by atoms with Crippen LogP contribution in [0.25, 0.3) is 0 Å². The van der Waals surface area contributed by atoms with Crippen LogP contribution in [0.1, 0.15) is 71.1 Å². The molecule has 0 amide bonds. The van der Waals surface area contributed by atoms with Gasteiger partial charge in [0, 0.05) is 5.69 Å². The zero-order valence-corrected chi connectivity index (χ0v) is 18.6. The summed E-state index contributed by atoms with van der Waals surface area (Å²) < 4.78 is 64.6. The molecule has 9 nitrogen and oxygen atoms in total. The molecule has 1 rings (SSSR count). The molecular formula is C18H35NO8S2. The van der Waals surface area contributed by atoms with Crippen LogP contribution in [0.2, 0.25) is 0 Å². The molecule has 0 atom stereocenters. The minimum atomic E-state index is -4.67. The van der Waals surface area contributed by atoms with Crippen LogP contribution >= 0.6 is 0 Å². The highest BCUT2D eigenvalue weighted by atomic mass is 32.3. The molecule has 1 aromatic rings. The van der Waals surface area contributed by atoms with E-state index in [4.69, 9.17) is 27.8 Å². The molecule has 11 heteroatoms. The van der Waals surface area contributed by atoms with E-state index in [-0.39, 0.29) is 6.61 Å². The van der Waals surface area contributed by atoms with Crippen molar-refractivity contribution < 1.29 is 34.7 Å². The third-order valence-corrected chi connectivity index (χ3v) is 3.99. The van der Waals surface area contributed by atoms with Gasteiger partial charge < -0.3 is 5.73 Å². The number of rotatable bonds is 12. The lowest BCUT2D eigenvalue weighted by Crippen LogP contribution is -2.04. The van der Waals surface area contributed by atoms with Crippen LogP contribution in [-0.4, -0.2) is 37.1 Å². The Hall–Kier alpha value is -1.24. The smallest absolute Gasteiger partial charge is 0.397 e. The van der Waals surface area contributed by atoms with Gasteiger partial charge in [-0.1, -0.05) is 82.9 Å². The van der Waals surface area contributed by atoms with E-state index in [1.807, 2.05) is 30.3 Å². The highest BCUT2D eigenvalue weighted by molar-refractivity contribution is 7.80. The summed E-state index contributed by atoms with van der Waals surface area (Å²) in [6.07, 6.45) is 11.9. The Labute approximate surface area is 175 Å². The Morgan fingerprint density at radius 3 is 1.45 bits per heavy atom. The normalized spacial score (nSPS) is 11.0. The number of para-hydroxylation sites is 1. The highest BCUT2D eigenvalue weighted by Gasteiger charge is 2.02. The Bertz CT molecular complexity index is 671. The SMILES string of the molecule is CCCCCCCCCCCCOS(=O)(=O)O.Nc1ccccc1.O=S(=O)(O)O. The third-order valence-electron chi connectivity index (χ3n) is 3.53. The maximum Gasteiger partial charge on any atom is 0.397 e. The van der Waals surface area contributed by atoms with Gasteiger partial charge in [-0.05, 0) is 18.6 Å². The van der Waals surface area contributed by atoms with Crippen molar-refractivity contribution in [2.24, 2.45) is 0 Å². The van der Waals surface area contributed by atoms with Crippen LogP contribution in [0, 0.1) is 0 Å². The quantitative estimate of drug-likeness (QED) is 0.203. The Morgan fingerprint density at radius 1 is 0.759 bits per heavy atom. The molecule has 0 spiro atoms. The summed E-state index contributed by atoms with van der Waals surface area (Å²) >= 11 is 0. The van der Waals surface area contributed by atoms with Gasteiger partial charge in [0.2, 0.25) is 0 Å².